The molecule has 0 aliphatic heterocycles. The summed E-state index contributed by atoms with van der Waals surface area (Å²) in [7, 11) is 0. The molecule has 4 nitrogen and oxygen atoms in total. The van der Waals surface area contributed by atoms with Gasteiger partial charge >= 0.3 is 6.03 Å². The quantitative estimate of drug-likeness (QED) is 0.773. The van der Waals surface area contributed by atoms with Gasteiger partial charge in [-0.3, -0.25) is 0 Å². The Bertz CT molecular complexity index is 493. The standard InChI is InChI=1S/C17H26N2O2S/c1-12(2)22-11-13-6-5-7-14(10-13)18-17(21)19-15-8-3-4-9-16(15)20/h5-7,10,12,15-16,20H,3-4,8-9,11H2,1-2H3,(H2,18,19,21). The zero-order chi connectivity index (χ0) is 15.9. The second-order valence-corrected chi connectivity index (χ2v) is 7.68. The molecule has 2 atom stereocenters. The van der Waals surface area contributed by atoms with E-state index in [9.17, 15) is 9.90 Å². The lowest BCUT2D eigenvalue weighted by Crippen LogP contribution is -2.46. The van der Waals surface area contributed by atoms with Crippen molar-refractivity contribution in [2.75, 3.05) is 5.32 Å². The molecule has 1 fully saturated rings. The van der Waals surface area contributed by atoms with Crippen molar-refractivity contribution < 1.29 is 9.90 Å². The molecule has 1 saturated carbocycles. The van der Waals surface area contributed by atoms with E-state index in [2.05, 4.69) is 30.5 Å². The average molecular weight is 322 g/mol. The molecule has 3 N–H and O–H groups in total. The first-order chi connectivity index (χ1) is 10.5. The maximum atomic E-state index is 12.1. The number of amides is 2. The van der Waals surface area contributed by atoms with E-state index >= 15 is 0 Å². The van der Waals surface area contributed by atoms with Crippen LogP contribution in [-0.2, 0) is 5.75 Å². The van der Waals surface area contributed by atoms with E-state index in [1.54, 1.807) is 0 Å². The van der Waals surface area contributed by atoms with Gasteiger partial charge in [-0.05, 0) is 35.8 Å². The maximum Gasteiger partial charge on any atom is 0.319 e. The highest BCUT2D eigenvalue weighted by Crippen LogP contribution is 2.20. The Morgan fingerprint density at radius 1 is 1.36 bits per heavy atom. The smallest absolute Gasteiger partial charge is 0.319 e. The minimum Gasteiger partial charge on any atom is -0.391 e. The molecule has 0 aromatic heterocycles. The van der Waals surface area contributed by atoms with Crippen LogP contribution in [0.3, 0.4) is 0 Å². The van der Waals surface area contributed by atoms with Gasteiger partial charge in [-0.25, -0.2) is 4.79 Å². The molecule has 0 heterocycles. The molecular formula is C17H26N2O2S. The fourth-order valence-electron chi connectivity index (χ4n) is 2.62. The van der Waals surface area contributed by atoms with E-state index in [0.29, 0.717) is 5.25 Å². The fourth-order valence-corrected chi connectivity index (χ4v) is 3.32. The Balaban J connectivity index is 1.86. The van der Waals surface area contributed by atoms with E-state index in [1.165, 1.54) is 5.56 Å². The number of rotatable bonds is 5. The highest BCUT2D eigenvalue weighted by molar-refractivity contribution is 7.99. The highest BCUT2D eigenvalue weighted by Gasteiger charge is 2.24. The molecule has 122 valence electrons. The molecule has 1 aromatic carbocycles. The Kier molecular flexibility index (Phi) is 6.58. The van der Waals surface area contributed by atoms with Crippen molar-refractivity contribution in [3.05, 3.63) is 29.8 Å². The van der Waals surface area contributed by atoms with Crippen molar-refractivity contribution in [3.63, 3.8) is 0 Å². The van der Waals surface area contributed by atoms with E-state index in [4.69, 9.17) is 0 Å². The number of thioether (sulfide) groups is 1. The molecular weight excluding hydrogens is 296 g/mol. The summed E-state index contributed by atoms with van der Waals surface area (Å²) in [5, 5.41) is 16.2. The zero-order valence-electron chi connectivity index (χ0n) is 13.3. The number of hydrogen-bond donors (Lipinski definition) is 3. The van der Waals surface area contributed by atoms with Gasteiger partial charge in [0.15, 0.2) is 0 Å². The molecule has 0 radical (unpaired) electrons. The van der Waals surface area contributed by atoms with E-state index in [0.717, 1.165) is 37.1 Å². The summed E-state index contributed by atoms with van der Waals surface area (Å²) >= 11 is 1.88. The topological polar surface area (TPSA) is 61.4 Å². The molecule has 0 spiro atoms. The first kappa shape index (κ1) is 17.2. The Labute approximate surface area is 137 Å². The second-order valence-electron chi connectivity index (χ2n) is 6.12. The van der Waals surface area contributed by atoms with Crippen LogP contribution in [0.5, 0.6) is 0 Å². The van der Waals surface area contributed by atoms with Gasteiger partial charge in [-0.15, -0.1) is 0 Å². The van der Waals surface area contributed by atoms with Crippen molar-refractivity contribution >= 4 is 23.5 Å². The molecule has 22 heavy (non-hydrogen) atoms. The summed E-state index contributed by atoms with van der Waals surface area (Å²) in [6, 6.07) is 7.56. The van der Waals surface area contributed by atoms with Gasteiger partial charge in [-0.1, -0.05) is 38.8 Å². The van der Waals surface area contributed by atoms with Crippen molar-refractivity contribution in [1.82, 2.24) is 5.32 Å². The van der Waals surface area contributed by atoms with E-state index < -0.39 is 6.10 Å². The molecule has 1 aromatic rings. The number of benzene rings is 1. The highest BCUT2D eigenvalue weighted by atomic mass is 32.2. The fraction of sp³-hybridized carbons (Fsp3) is 0.588. The summed E-state index contributed by atoms with van der Waals surface area (Å²) in [5.74, 6) is 0.941. The van der Waals surface area contributed by atoms with Crippen LogP contribution in [0.25, 0.3) is 0 Å². The SMILES string of the molecule is CC(C)SCc1cccc(NC(=O)NC2CCCCC2O)c1. The number of carbonyl (C=O) groups is 1. The molecule has 2 unspecified atom stereocenters. The molecule has 2 rings (SSSR count). The molecule has 2 amide bonds. The summed E-state index contributed by atoms with van der Waals surface area (Å²) in [6.45, 7) is 4.35. The van der Waals surface area contributed by atoms with Gasteiger partial charge < -0.3 is 15.7 Å². The van der Waals surface area contributed by atoms with Crippen LogP contribution in [0, 0.1) is 0 Å². The normalized spacial score (nSPS) is 21.6. The van der Waals surface area contributed by atoms with Crippen molar-refractivity contribution in [3.8, 4) is 0 Å². The first-order valence-corrected chi connectivity index (χ1v) is 9.05. The van der Waals surface area contributed by atoms with Crippen LogP contribution in [0.1, 0.15) is 45.1 Å². The van der Waals surface area contributed by atoms with E-state index in [1.807, 2.05) is 30.0 Å². The van der Waals surface area contributed by atoms with Gasteiger partial charge in [0.05, 0.1) is 12.1 Å². The Hall–Kier alpha value is -1.20. The van der Waals surface area contributed by atoms with E-state index in [-0.39, 0.29) is 12.1 Å². The number of anilines is 1. The lowest BCUT2D eigenvalue weighted by Gasteiger charge is -2.28. The minimum atomic E-state index is -0.423. The molecule has 1 aliphatic carbocycles. The monoisotopic (exact) mass is 322 g/mol. The van der Waals surface area contributed by atoms with Crippen molar-refractivity contribution in [2.24, 2.45) is 0 Å². The molecule has 0 bridgehead atoms. The van der Waals surface area contributed by atoms with Crippen LogP contribution >= 0.6 is 11.8 Å². The molecule has 1 aliphatic rings. The third-order valence-corrected chi connectivity index (χ3v) is 4.98. The van der Waals surface area contributed by atoms with Crippen LogP contribution < -0.4 is 10.6 Å². The van der Waals surface area contributed by atoms with Crippen molar-refractivity contribution in [2.45, 2.75) is 62.7 Å². The third kappa shape index (κ3) is 5.54. The summed E-state index contributed by atoms with van der Waals surface area (Å²) in [6.07, 6.45) is 3.29. The number of aliphatic hydroxyl groups excluding tert-OH is 1. The first-order valence-electron chi connectivity index (χ1n) is 8.00. The minimum absolute atomic E-state index is 0.131. The lowest BCUT2D eigenvalue weighted by atomic mass is 9.93. The Morgan fingerprint density at radius 3 is 2.86 bits per heavy atom. The van der Waals surface area contributed by atoms with Gasteiger partial charge in [-0.2, -0.15) is 11.8 Å². The van der Waals surface area contributed by atoms with Crippen LogP contribution in [0.2, 0.25) is 0 Å². The number of urea groups is 1. The maximum absolute atomic E-state index is 12.1. The van der Waals surface area contributed by atoms with Gasteiger partial charge in [0.2, 0.25) is 0 Å². The van der Waals surface area contributed by atoms with Gasteiger partial charge in [0, 0.05) is 11.4 Å². The predicted octanol–water partition coefficient (Wildman–Crippen LogP) is 3.75. The zero-order valence-corrected chi connectivity index (χ0v) is 14.2. The lowest BCUT2D eigenvalue weighted by molar-refractivity contribution is 0.0955. The van der Waals surface area contributed by atoms with Crippen LogP contribution in [0.15, 0.2) is 24.3 Å². The summed E-state index contributed by atoms with van der Waals surface area (Å²) < 4.78 is 0. The Morgan fingerprint density at radius 2 is 2.14 bits per heavy atom. The van der Waals surface area contributed by atoms with Crippen LogP contribution in [0.4, 0.5) is 10.5 Å². The largest absolute Gasteiger partial charge is 0.391 e. The van der Waals surface area contributed by atoms with Gasteiger partial charge in [0.1, 0.15) is 0 Å². The third-order valence-electron chi connectivity index (χ3n) is 3.81. The number of carbonyl (C=O) groups excluding carboxylic acids is 1. The second kappa shape index (κ2) is 8.44. The van der Waals surface area contributed by atoms with Crippen LogP contribution in [-0.4, -0.2) is 28.5 Å². The number of nitrogens with one attached hydrogen (secondary N) is 2. The summed E-state index contributed by atoms with van der Waals surface area (Å²) in [5.41, 5.74) is 2.00. The van der Waals surface area contributed by atoms with Gasteiger partial charge in [0.25, 0.3) is 0 Å². The van der Waals surface area contributed by atoms with Crippen molar-refractivity contribution in [1.29, 1.82) is 0 Å². The summed E-state index contributed by atoms with van der Waals surface area (Å²) in [4.78, 5) is 12.1. The molecule has 5 heteroatoms. The number of hydrogen-bond acceptors (Lipinski definition) is 3. The average Bonchev–Trinajstić information content (AvgIpc) is 2.48. The number of aliphatic hydroxyl groups is 1. The predicted molar refractivity (Wildman–Crippen MR) is 93.3 cm³/mol. The molecule has 0 saturated heterocycles.